The summed E-state index contributed by atoms with van der Waals surface area (Å²) in [6, 6.07) is 1.69. The van der Waals surface area contributed by atoms with Gasteiger partial charge in [-0.05, 0) is 12.1 Å². The van der Waals surface area contributed by atoms with Crippen molar-refractivity contribution >= 4 is 28.8 Å². The number of carbonyl (C=O) groups is 1. The van der Waals surface area contributed by atoms with Crippen LogP contribution in [0.15, 0.2) is 12.1 Å². The van der Waals surface area contributed by atoms with Crippen molar-refractivity contribution in [2.75, 3.05) is 17.3 Å². The summed E-state index contributed by atoms with van der Waals surface area (Å²) in [5.41, 5.74) is 8.38. The van der Waals surface area contributed by atoms with Crippen LogP contribution < -0.4 is 11.5 Å². The Balaban J connectivity index is 3.35. The first-order valence-corrected chi connectivity index (χ1v) is 4.66. The van der Waals surface area contributed by atoms with Crippen LogP contribution in [0.4, 0.5) is 24.5 Å². The molecule has 0 fully saturated rings. The fourth-order valence-electron chi connectivity index (χ4n) is 1.20. The summed E-state index contributed by atoms with van der Waals surface area (Å²) in [5, 5.41) is 0. The van der Waals surface area contributed by atoms with Crippen molar-refractivity contribution in [1.29, 1.82) is 0 Å². The Hall–Kier alpha value is -1.43. The Morgan fingerprint density at radius 3 is 2.25 bits per heavy atom. The van der Waals surface area contributed by atoms with E-state index in [0.717, 1.165) is 6.07 Å². The Labute approximate surface area is 94.2 Å². The van der Waals surface area contributed by atoms with Gasteiger partial charge in [-0.25, -0.2) is 0 Å². The van der Waals surface area contributed by atoms with Crippen LogP contribution >= 0.6 is 11.6 Å². The first-order chi connectivity index (χ1) is 7.29. The fraction of sp³-hybridized carbons (Fsp3) is 0.222. The van der Waals surface area contributed by atoms with Gasteiger partial charge in [-0.3, -0.25) is 4.79 Å². The molecule has 4 N–H and O–H groups in total. The Bertz CT molecular complexity index is 431. The minimum absolute atomic E-state index is 0.0968. The third-order valence-electron chi connectivity index (χ3n) is 2.01. The molecule has 0 saturated heterocycles. The number of benzene rings is 1. The summed E-state index contributed by atoms with van der Waals surface area (Å²) < 4.78 is 37.2. The van der Waals surface area contributed by atoms with Gasteiger partial charge in [-0.1, -0.05) is 0 Å². The number of alkyl halides is 4. The number of hydrogen-bond donors (Lipinski definition) is 2. The molecule has 0 radical (unpaired) electrons. The molecular formula is C9H8ClF3N2O. The van der Waals surface area contributed by atoms with Crippen LogP contribution in [0.3, 0.4) is 0 Å². The second kappa shape index (κ2) is 4.21. The van der Waals surface area contributed by atoms with E-state index in [0.29, 0.717) is 6.07 Å². The first kappa shape index (κ1) is 12.6. The number of Topliss-reactive ketones (excluding diaryl/α,β-unsaturated/α-hetero) is 1. The van der Waals surface area contributed by atoms with E-state index in [2.05, 4.69) is 0 Å². The second-order valence-electron chi connectivity index (χ2n) is 3.04. The van der Waals surface area contributed by atoms with Crippen molar-refractivity contribution in [3.63, 3.8) is 0 Å². The van der Waals surface area contributed by atoms with E-state index in [4.69, 9.17) is 23.1 Å². The van der Waals surface area contributed by atoms with E-state index in [-0.39, 0.29) is 17.1 Å². The van der Waals surface area contributed by atoms with Crippen molar-refractivity contribution < 1.29 is 18.0 Å². The topological polar surface area (TPSA) is 69.1 Å². The van der Waals surface area contributed by atoms with Crippen LogP contribution in [0.5, 0.6) is 0 Å². The first-order valence-electron chi connectivity index (χ1n) is 4.13. The SMILES string of the molecule is Nc1c(C(=O)CCl)ccc(C(F)(F)F)c1N. The lowest BCUT2D eigenvalue weighted by Gasteiger charge is -2.13. The summed E-state index contributed by atoms with van der Waals surface area (Å²) in [7, 11) is 0. The van der Waals surface area contributed by atoms with Crippen molar-refractivity contribution in [2.45, 2.75) is 6.18 Å². The lowest BCUT2D eigenvalue weighted by molar-refractivity contribution is -0.136. The van der Waals surface area contributed by atoms with E-state index in [1.54, 1.807) is 0 Å². The number of rotatable bonds is 2. The Morgan fingerprint density at radius 1 is 1.25 bits per heavy atom. The van der Waals surface area contributed by atoms with Gasteiger partial charge in [-0.15, -0.1) is 11.6 Å². The molecule has 0 spiro atoms. The van der Waals surface area contributed by atoms with Gasteiger partial charge in [0.15, 0.2) is 5.78 Å². The van der Waals surface area contributed by atoms with Crippen molar-refractivity contribution in [2.24, 2.45) is 0 Å². The smallest absolute Gasteiger partial charge is 0.397 e. The second-order valence-corrected chi connectivity index (χ2v) is 3.31. The standard InChI is InChI=1S/C9H8ClF3N2O/c10-3-6(16)4-1-2-5(9(11,12)13)8(15)7(4)14/h1-2H,3,14-15H2. The molecule has 0 bridgehead atoms. The molecule has 0 aliphatic rings. The molecule has 0 aliphatic heterocycles. The van der Waals surface area contributed by atoms with Gasteiger partial charge < -0.3 is 11.5 Å². The highest BCUT2D eigenvalue weighted by molar-refractivity contribution is 6.31. The maximum Gasteiger partial charge on any atom is 0.418 e. The lowest BCUT2D eigenvalue weighted by Crippen LogP contribution is -2.14. The van der Waals surface area contributed by atoms with Crippen molar-refractivity contribution in [3.05, 3.63) is 23.3 Å². The largest absolute Gasteiger partial charge is 0.418 e. The van der Waals surface area contributed by atoms with E-state index in [9.17, 15) is 18.0 Å². The zero-order valence-electron chi connectivity index (χ0n) is 7.94. The quantitative estimate of drug-likeness (QED) is 0.482. The van der Waals surface area contributed by atoms with Crippen LogP contribution in [0.25, 0.3) is 0 Å². The van der Waals surface area contributed by atoms with Gasteiger partial charge in [0.25, 0.3) is 0 Å². The predicted molar refractivity (Wildman–Crippen MR) is 55.3 cm³/mol. The van der Waals surface area contributed by atoms with Gasteiger partial charge in [0.05, 0.1) is 22.8 Å². The minimum atomic E-state index is -4.60. The number of nitrogen functional groups attached to an aromatic ring is 2. The highest BCUT2D eigenvalue weighted by atomic mass is 35.5. The van der Waals surface area contributed by atoms with Crippen LogP contribution in [0, 0.1) is 0 Å². The Morgan fingerprint density at radius 2 is 1.81 bits per heavy atom. The van der Waals surface area contributed by atoms with Gasteiger partial charge in [-0.2, -0.15) is 13.2 Å². The molecule has 0 saturated carbocycles. The summed E-state index contributed by atoms with van der Waals surface area (Å²) in [6.45, 7) is 0. The molecule has 0 aliphatic carbocycles. The fourth-order valence-corrected chi connectivity index (χ4v) is 1.34. The zero-order valence-corrected chi connectivity index (χ0v) is 8.69. The van der Waals surface area contributed by atoms with Gasteiger partial charge in [0, 0.05) is 5.56 Å². The number of carbonyl (C=O) groups excluding carboxylic acids is 1. The van der Waals surface area contributed by atoms with E-state index < -0.39 is 23.2 Å². The average molecular weight is 253 g/mol. The zero-order chi connectivity index (χ0) is 12.5. The third-order valence-corrected chi connectivity index (χ3v) is 2.26. The predicted octanol–water partition coefficient (Wildman–Crippen LogP) is 2.29. The molecule has 0 aromatic heterocycles. The maximum absolute atomic E-state index is 12.4. The molecule has 0 amide bonds. The van der Waals surface area contributed by atoms with Crippen LogP contribution in [-0.4, -0.2) is 11.7 Å². The highest BCUT2D eigenvalue weighted by Crippen LogP contribution is 2.37. The molecule has 7 heteroatoms. The molecule has 0 heterocycles. The molecule has 0 atom stereocenters. The van der Waals surface area contributed by atoms with E-state index in [1.807, 2.05) is 0 Å². The third kappa shape index (κ3) is 2.21. The number of halogens is 4. The van der Waals surface area contributed by atoms with Crippen LogP contribution in [0.1, 0.15) is 15.9 Å². The molecule has 16 heavy (non-hydrogen) atoms. The Kier molecular flexibility index (Phi) is 3.32. The summed E-state index contributed by atoms with van der Waals surface area (Å²) in [5.74, 6) is -0.936. The van der Waals surface area contributed by atoms with Gasteiger partial charge in [0.2, 0.25) is 0 Å². The maximum atomic E-state index is 12.4. The van der Waals surface area contributed by atoms with Crippen LogP contribution in [0.2, 0.25) is 0 Å². The number of hydrogen-bond acceptors (Lipinski definition) is 3. The van der Waals surface area contributed by atoms with Crippen LogP contribution in [-0.2, 0) is 6.18 Å². The van der Waals surface area contributed by atoms with Crippen molar-refractivity contribution in [1.82, 2.24) is 0 Å². The number of ketones is 1. The molecule has 88 valence electrons. The number of anilines is 2. The van der Waals surface area contributed by atoms with Gasteiger partial charge >= 0.3 is 6.18 Å². The van der Waals surface area contributed by atoms with Crippen molar-refractivity contribution in [3.8, 4) is 0 Å². The summed E-state index contributed by atoms with van der Waals surface area (Å²) in [4.78, 5) is 11.2. The molecular weight excluding hydrogens is 245 g/mol. The van der Waals surface area contributed by atoms with E-state index >= 15 is 0 Å². The molecule has 1 aromatic rings. The van der Waals surface area contributed by atoms with Gasteiger partial charge in [0.1, 0.15) is 0 Å². The molecule has 3 nitrogen and oxygen atoms in total. The average Bonchev–Trinajstić information content (AvgIpc) is 2.19. The lowest BCUT2D eigenvalue weighted by atomic mass is 10.0. The summed E-state index contributed by atoms with van der Waals surface area (Å²) in [6.07, 6.45) is -4.60. The summed E-state index contributed by atoms with van der Waals surface area (Å²) >= 11 is 5.27. The molecule has 0 unspecified atom stereocenters. The number of nitrogens with two attached hydrogens (primary N) is 2. The monoisotopic (exact) mass is 252 g/mol. The molecule has 1 aromatic carbocycles. The van der Waals surface area contributed by atoms with E-state index in [1.165, 1.54) is 0 Å². The normalized spacial score (nSPS) is 11.5. The highest BCUT2D eigenvalue weighted by Gasteiger charge is 2.34. The molecule has 1 rings (SSSR count). The minimum Gasteiger partial charge on any atom is -0.397 e.